The van der Waals surface area contributed by atoms with Gasteiger partial charge in [0.1, 0.15) is 11.3 Å². The van der Waals surface area contributed by atoms with Gasteiger partial charge in [-0.1, -0.05) is 13.3 Å². The van der Waals surface area contributed by atoms with E-state index in [-0.39, 0.29) is 5.95 Å². The van der Waals surface area contributed by atoms with Crippen molar-refractivity contribution in [2.45, 2.75) is 26.3 Å². The third-order valence-corrected chi connectivity index (χ3v) is 3.66. The van der Waals surface area contributed by atoms with Crippen molar-refractivity contribution in [2.24, 2.45) is 0 Å². The lowest BCUT2D eigenvalue weighted by molar-refractivity contribution is 0.406. The fourth-order valence-electron chi connectivity index (χ4n) is 2.47. The molecule has 0 saturated carbocycles. The SMILES string of the molecule is CCCCNc1nc(N)nc2cn(Cc3cnccc3OC)nc12. The van der Waals surface area contributed by atoms with E-state index in [1.807, 2.05) is 12.3 Å². The Labute approximate surface area is 140 Å². The molecule has 0 bridgehead atoms. The second kappa shape index (κ2) is 7.12. The van der Waals surface area contributed by atoms with Crippen LogP contribution in [0.3, 0.4) is 0 Å². The molecule has 0 unspecified atom stereocenters. The van der Waals surface area contributed by atoms with Gasteiger partial charge in [0.2, 0.25) is 5.95 Å². The lowest BCUT2D eigenvalue weighted by atomic mass is 10.2. The maximum atomic E-state index is 5.81. The summed E-state index contributed by atoms with van der Waals surface area (Å²) in [6, 6.07) is 1.83. The predicted molar refractivity (Wildman–Crippen MR) is 93.0 cm³/mol. The molecule has 0 fully saturated rings. The summed E-state index contributed by atoms with van der Waals surface area (Å²) < 4.78 is 7.15. The quantitative estimate of drug-likeness (QED) is 0.640. The highest BCUT2D eigenvalue weighted by Gasteiger charge is 2.12. The highest BCUT2D eigenvalue weighted by Crippen LogP contribution is 2.22. The first-order valence-electron chi connectivity index (χ1n) is 7.92. The number of pyridine rings is 1. The summed E-state index contributed by atoms with van der Waals surface area (Å²) in [4.78, 5) is 12.7. The second-order valence-electron chi connectivity index (χ2n) is 5.46. The van der Waals surface area contributed by atoms with Crippen LogP contribution in [0, 0.1) is 0 Å². The molecule has 8 nitrogen and oxygen atoms in total. The van der Waals surface area contributed by atoms with Gasteiger partial charge in [0.25, 0.3) is 0 Å². The van der Waals surface area contributed by atoms with E-state index in [0.29, 0.717) is 23.4 Å². The molecule has 0 radical (unpaired) electrons. The lowest BCUT2D eigenvalue weighted by Gasteiger charge is -2.07. The summed E-state index contributed by atoms with van der Waals surface area (Å²) in [5, 5.41) is 7.88. The van der Waals surface area contributed by atoms with E-state index in [1.165, 1.54) is 0 Å². The average molecular weight is 327 g/mol. The van der Waals surface area contributed by atoms with E-state index in [0.717, 1.165) is 30.7 Å². The number of unbranched alkanes of at least 4 members (excludes halogenated alkanes) is 1. The highest BCUT2D eigenvalue weighted by atomic mass is 16.5. The van der Waals surface area contributed by atoms with Gasteiger partial charge >= 0.3 is 0 Å². The van der Waals surface area contributed by atoms with Gasteiger partial charge in [-0.25, -0.2) is 4.98 Å². The summed E-state index contributed by atoms with van der Waals surface area (Å²) >= 11 is 0. The minimum Gasteiger partial charge on any atom is -0.496 e. The van der Waals surface area contributed by atoms with E-state index in [9.17, 15) is 0 Å². The van der Waals surface area contributed by atoms with Crippen LogP contribution < -0.4 is 15.8 Å². The molecule has 0 aliphatic rings. The summed E-state index contributed by atoms with van der Waals surface area (Å²) in [7, 11) is 1.64. The van der Waals surface area contributed by atoms with Gasteiger partial charge in [-0.05, 0) is 12.5 Å². The van der Waals surface area contributed by atoms with Crippen molar-refractivity contribution in [1.29, 1.82) is 0 Å². The Kier molecular flexibility index (Phi) is 4.74. The number of nitrogen functional groups attached to an aromatic ring is 1. The first-order chi connectivity index (χ1) is 11.7. The molecule has 0 saturated heterocycles. The monoisotopic (exact) mass is 327 g/mol. The Bertz CT molecular complexity index is 830. The van der Waals surface area contributed by atoms with Crippen LogP contribution in [0.5, 0.6) is 5.75 Å². The van der Waals surface area contributed by atoms with Gasteiger partial charge in [-0.15, -0.1) is 0 Å². The zero-order chi connectivity index (χ0) is 16.9. The molecule has 0 spiro atoms. The zero-order valence-corrected chi connectivity index (χ0v) is 13.9. The van der Waals surface area contributed by atoms with E-state index in [2.05, 4.69) is 32.3 Å². The number of hydrogen-bond donors (Lipinski definition) is 2. The van der Waals surface area contributed by atoms with Crippen molar-refractivity contribution >= 4 is 22.8 Å². The average Bonchev–Trinajstić information content (AvgIpc) is 2.98. The van der Waals surface area contributed by atoms with Gasteiger partial charge in [0, 0.05) is 24.5 Å². The third kappa shape index (κ3) is 3.37. The van der Waals surface area contributed by atoms with Gasteiger partial charge < -0.3 is 15.8 Å². The smallest absolute Gasteiger partial charge is 0.222 e. The van der Waals surface area contributed by atoms with E-state index < -0.39 is 0 Å². The molecule has 0 aliphatic carbocycles. The first-order valence-corrected chi connectivity index (χ1v) is 7.92. The summed E-state index contributed by atoms with van der Waals surface area (Å²) in [6.45, 7) is 3.49. The molecule has 8 heteroatoms. The summed E-state index contributed by atoms with van der Waals surface area (Å²) in [6.07, 6.45) is 7.48. The Morgan fingerprint density at radius 3 is 3.00 bits per heavy atom. The fraction of sp³-hybridized carbons (Fsp3) is 0.375. The number of anilines is 2. The molecule has 3 heterocycles. The maximum Gasteiger partial charge on any atom is 0.222 e. The van der Waals surface area contributed by atoms with Crippen LogP contribution in [0.4, 0.5) is 11.8 Å². The standard InChI is InChI=1S/C16H21N7O/c1-3-4-6-19-15-14-12(20-16(17)21-15)10-23(22-14)9-11-8-18-7-5-13(11)24-2/h5,7-8,10H,3-4,6,9H2,1-2H3,(H3,17,19,20,21). The molecular formula is C16H21N7O. The Morgan fingerprint density at radius 2 is 2.21 bits per heavy atom. The lowest BCUT2D eigenvalue weighted by Crippen LogP contribution is -2.06. The normalized spacial score (nSPS) is 10.9. The zero-order valence-electron chi connectivity index (χ0n) is 13.9. The van der Waals surface area contributed by atoms with E-state index >= 15 is 0 Å². The van der Waals surface area contributed by atoms with Gasteiger partial charge in [-0.2, -0.15) is 10.1 Å². The van der Waals surface area contributed by atoms with Crippen LogP contribution in [0.25, 0.3) is 11.0 Å². The molecule has 3 N–H and O–H groups in total. The van der Waals surface area contributed by atoms with Crippen LogP contribution in [0.15, 0.2) is 24.7 Å². The number of hydrogen-bond acceptors (Lipinski definition) is 7. The topological polar surface area (TPSA) is 104 Å². The molecule has 3 rings (SSSR count). The van der Waals surface area contributed by atoms with Crippen LogP contribution >= 0.6 is 0 Å². The van der Waals surface area contributed by atoms with Gasteiger partial charge in [0.15, 0.2) is 11.3 Å². The molecular weight excluding hydrogens is 306 g/mol. The first kappa shape index (κ1) is 16.0. The molecule has 3 aromatic rings. The number of nitrogens with zero attached hydrogens (tertiary/aromatic N) is 5. The maximum absolute atomic E-state index is 5.81. The molecule has 0 atom stereocenters. The number of rotatable bonds is 7. The highest BCUT2D eigenvalue weighted by molar-refractivity contribution is 5.85. The van der Waals surface area contributed by atoms with Crippen molar-refractivity contribution in [3.8, 4) is 5.75 Å². The molecule has 3 aromatic heterocycles. The number of ether oxygens (including phenoxy) is 1. The number of fused-ring (bicyclic) bond motifs is 1. The van der Waals surface area contributed by atoms with Crippen molar-refractivity contribution in [3.63, 3.8) is 0 Å². The second-order valence-corrected chi connectivity index (χ2v) is 5.46. The minimum atomic E-state index is 0.236. The Morgan fingerprint density at radius 1 is 1.33 bits per heavy atom. The fourth-order valence-corrected chi connectivity index (χ4v) is 2.47. The van der Waals surface area contributed by atoms with Crippen molar-refractivity contribution in [2.75, 3.05) is 24.7 Å². The summed E-state index contributed by atoms with van der Waals surface area (Å²) in [5.41, 5.74) is 8.17. The summed E-state index contributed by atoms with van der Waals surface area (Å²) in [5.74, 6) is 1.68. The van der Waals surface area contributed by atoms with Crippen molar-refractivity contribution < 1.29 is 4.74 Å². The van der Waals surface area contributed by atoms with Crippen molar-refractivity contribution in [1.82, 2.24) is 24.7 Å². The Hall–Kier alpha value is -2.90. The number of aromatic nitrogens is 5. The predicted octanol–water partition coefficient (Wildman–Crippen LogP) is 2.07. The largest absolute Gasteiger partial charge is 0.496 e. The van der Waals surface area contributed by atoms with Gasteiger partial charge in [0.05, 0.1) is 19.9 Å². The molecule has 0 aromatic carbocycles. The third-order valence-electron chi connectivity index (χ3n) is 3.66. The van der Waals surface area contributed by atoms with Crippen molar-refractivity contribution in [3.05, 3.63) is 30.2 Å². The number of methoxy groups -OCH3 is 1. The van der Waals surface area contributed by atoms with E-state index in [1.54, 1.807) is 24.2 Å². The van der Waals surface area contributed by atoms with Crippen LogP contribution in [0.2, 0.25) is 0 Å². The Balaban J connectivity index is 1.91. The van der Waals surface area contributed by atoms with Gasteiger partial charge in [-0.3, -0.25) is 9.67 Å². The number of nitrogens with two attached hydrogens (primary N) is 1. The molecule has 0 amide bonds. The van der Waals surface area contributed by atoms with Crippen LogP contribution in [-0.4, -0.2) is 38.4 Å². The molecule has 24 heavy (non-hydrogen) atoms. The molecule has 0 aliphatic heterocycles. The minimum absolute atomic E-state index is 0.236. The van der Waals surface area contributed by atoms with Crippen LogP contribution in [0.1, 0.15) is 25.3 Å². The van der Waals surface area contributed by atoms with E-state index in [4.69, 9.17) is 10.5 Å². The number of nitrogens with one attached hydrogen (secondary N) is 1. The van der Waals surface area contributed by atoms with Crippen LogP contribution in [-0.2, 0) is 6.54 Å². The molecule has 126 valence electrons.